The normalized spacial score (nSPS) is 10.8. The molecule has 0 saturated heterocycles. The highest BCUT2D eigenvalue weighted by Crippen LogP contribution is 2.29. The number of allylic oxidation sites excluding steroid dienone is 1. The zero-order valence-electron chi connectivity index (χ0n) is 6.08. The molecule has 0 aromatic heterocycles. The molecule has 0 aromatic carbocycles. The number of rotatable bonds is 3. The maximum Gasteiger partial charge on any atom is 0.324 e. The van der Waals surface area contributed by atoms with Crippen LogP contribution in [0.4, 0.5) is 8.78 Å². The third-order valence-electron chi connectivity index (χ3n) is 1.13. The van der Waals surface area contributed by atoms with Gasteiger partial charge in [0.05, 0.1) is 7.11 Å². The Hall–Kier alpha value is -0.860. The molecule has 0 aliphatic carbocycles. The van der Waals surface area contributed by atoms with Gasteiger partial charge < -0.3 is 4.74 Å². The molecule has 0 spiro atoms. The molecule has 3 heteroatoms. The first-order chi connectivity index (χ1) is 4.42. The first-order valence-electron chi connectivity index (χ1n) is 2.70. The van der Waals surface area contributed by atoms with Crippen molar-refractivity contribution in [2.75, 3.05) is 7.11 Å². The maximum atomic E-state index is 12.6. The SMILES string of the molecule is C=C(C)C(F)(F)C(=C)OC. The third kappa shape index (κ3) is 1.56. The van der Waals surface area contributed by atoms with Gasteiger partial charge in [0.25, 0.3) is 0 Å². The second-order valence-electron chi connectivity index (χ2n) is 1.98. The van der Waals surface area contributed by atoms with Crippen LogP contribution in [0.15, 0.2) is 24.5 Å². The Morgan fingerprint density at radius 3 is 1.90 bits per heavy atom. The van der Waals surface area contributed by atoms with Crippen molar-refractivity contribution in [2.24, 2.45) is 0 Å². The lowest BCUT2D eigenvalue weighted by atomic mass is 10.1. The fourth-order valence-electron chi connectivity index (χ4n) is 0.366. The second-order valence-corrected chi connectivity index (χ2v) is 1.98. The average molecular weight is 148 g/mol. The highest BCUT2D eigenvalue weighted by molar-refractivity contribution is 5.17. The van der Waals surface area contributed by atoms with Crippen molar-refractivity contribution in [3.63, 3.8) is 0 Å². The van der Waals surface area contributed by atoms with Gasteiger partial charge in [-0.05, 0) is 12.5 Å². The highest BCUT2D eigenvalue weighted by atomic mass is 19.3. The van der Waals surface area contributed by atoms with Crippen molar-refractivity contribution in [2.45, 2.75) is 12.8 Å². The van der Waals surface area contributed by atoms with E-state index in [9.17, 15) is 8.78 Å². The molecule has 0 rings (SSSR count). The molecular formula is C7H10F2O. The summed E-state index contributed by atoms with van der Waals surface area (Å²) >= 11 is 0. The van der Waals surface area contributed by atoms with Crippen LogP contribution in [0.25, 0.3) is 0 Å². The summed E-state index contributed by atoms with van der Waals surface area (Å²) in [7, 11) is 1.15. The lowest BCUT2D eigenvalue weighted by molar-refractivity contribution is 0.0244. The average Bonchev–Trinajstić information content (AvgIpc) is 1.86. The molecule has 0 fully saturated rings. The van der Waals surface area contributed by atoms with Gasteiger partial charge in [0.15, 0.2) is 5.76 Å². The number of alkyl halides is 2. The molecule has 0 amide bonds. The monoisotopic (exact) mass is 148 g/mol. The number of halogens is 2. The molecule has 0 unspecified atom stereocenters. The minimum Gasteiger partial charge on any atom is -0.495 e. The summed E-state index contributed by atoms with van der Waals surface area (Å²) in [6.45, 7) is 7.36. The van der Waals surface area contributed by atoms with Crippen molar-refractivity contribution in [1.29, 1.82) is 0 Å². The van der Waals surface area contributed by atoms with Crippen molar-refractivity contribution in [3.8, 4) is 0 Å². The van der Waals surface area contributed by atoms with Crippen LogP contribution in [0.2, 0.25) is 0 Å². The molecule has 0 aromatic rings. The zero-order valence-corrected chi connectivity index (χ0v) is 6.08. The quantitative estimate of drug-likeness (QED) is 0.441. The molecule has 0 atom stereocenters. The Bertz CT molecular complexity index is 161. The van der Waals surface area contributed by atoms with Gasteiger partial charge in [0, 0.05) is 0 Å². The van der Waals surface area contributed by atoms with E-state index >= 15 is 0 Å². The summed E-state index contributed by atoms with van der Waals surface area (Å²) in [5.74, 6) is -3.67. The Kier molecular flexibility index (Phi) is 2.57. The molecule has 0 heterocycles. The zero-order chi connectivity index (χ0) is 8.36. The van der Waals surface area contributed by atoms with Crippen LogP contribution in [0.3, 0.4) is 0 Å². The Balaban J connectivity index is 4.40. The van der Waals surface area contributed by atoms with Crippen LogP contribution in [-0.2, 0) is 4.74 Å². The second kappa shape index (κ2) is 2.82. The van der Waals surface area contributed by atoms with Gasteiger partial charge in [-0.2, -0.15) is 8.78 Å². The number of hydrogen-bond acceptors (Lipinski definition) is 1. The topological polar surface area (TPSA) is 9.23 Å². The van der Waals surface area contributed by atoms with Crippen LogP contribution in [0.1, 0.15) is 6.92 Å². The Labute approximate surface area is 59.0 Å². The minimum absolute atomic E-state index is 0.264. The summed E-state index contributed by atoms with van der Waals surface area (Å²) < 4.78 is 29.5. The van der Waals surface area contributed by atoms with E-state index in [4.69, 9.17) is 0 Å². The fraction of sp³-hybridized carbons (Fsp3) is 0.429. The molecule has 1 nitrogen and oxygen atoms in total. The summed E-state index contributed by atoms with van der Waals surface area (Å²) in [6.07, 6.45) is 0. The van der Waals surface area contributed by atoms with E-state index in [-0.39, 0.29) is 5.57 Å². The van der Waals surface area contributed by atoms with E-state index in [1.54, 1.807) is 0 Å². The largest absolute Gasteiger partial charge is 0.495 e. The number of ether oxygens (including phenoxy) is 1. The smallest absolute Gasteiger partial charge is 0.324 e. The van der Waals surface area contributed by atoms with Crippen molar-refractivity contribution in [1.82, 2.24) is 0 Å². The summed E-state index contributed by atoms with van der Waals surface area (Å²) in [5.41, 5.74) is -0.264. The molecule has 0 aliphatic rings. The van der Waals surface area contributed by atoms with Crippen molar-refractivity contribution >= 4 is 0 Å². The van der Waals surface area contributed by atoms with Gasteiger partial charge in [0.1, 0.15) is 0 Å². The van der Waals surface area contributed by atoms with E-state index in [1.165, 1.54) is 6.92 Å². The van der Waals surface area contributed by atoms with Gasteiger partial charge in [-0.25, -0.2) is 0 Å². The van der Waals surface area contributed by atoms with E-state index in [1.807, 2.05) is 0 Å². The number of hydrogen-bond donors (Lipinski definition) is 0. The predicted molar refractivity (Wildman–Crippen MR) is 35.9 cm³/mol. The van der Waals surface area contributed by atoms with Gasteiger partial charge in [0.2, 0.25) is 0 Å². The highest BCUT2D eigenvalue weighted by Gasteiger charge is 2.34. The van der Waals surface area contributed by atoms with Crippen LogP contribution in [-0.4, -0.2) is 13.0 Å². The summed E-state index contributed by atoms with van der Waals surface area (Å²) in [5, 5.41) is 0. The molecular weight excluding hydrogens is 138 g/mol. The standard InChI is InChI=1S/C7H10F2O/c1-5(2)7(8,9)6(3)10-4/h1,3H2,2,4H3. The molecule has 0 radical (unpaired) electrons. The molecule has 0 bridgehead atoms. The minimum atomic E-state index is -3.10. The number of methoxy groups -OCH3 is 1. The van der Waals surface area contributed by atoms with Crippen LogP contribution in [0.5, 0.6) is 0 Å². The first kappa shape index (κ1) is 9.14. The van der Waals surface area contributed by atoms with Crippen LogP contribution in [0, 0.1) is 0 Å². The van der Waals surface area contributed by atoms with Gasteiger partial charge in [-0.1, -0.05) is 13.2 Å². The van der Waals surface area contributed by atoms with E-state index in [0.717, 1.165) is 7.11 Å². The third-order valence-corrected chi connectivity index (χ3v) is 1.13. The molecule has 0 aliphatic heterocycles. The Morgan fingerprint density at radius 2 is 1.80 bits per heavy atom. The van der Waals surface area contributed by atoms with E-state index < -0.39 is 11.7 Å². The molecule has 58 valence electrons. The first-order valence-corrected chi connectivity index (χ1v) is 2.70. The molecule has 10 heavy (non-hydrogen) atoms. The Morgan fingerprint density at radius 1 is 1.40 bits per heavy atom. The lowest BCUT2D eigenvalue weighted by Crippen LogP contribution is -2.20. The van der Waals surface area contributed by atoms with Gasteiger partial charge in [-0.3, -0.25) is 0 Å². The molecule has 0 saturated carbocycles. The van der Waals surface area contributed by atoms with E-state index in [0.29, 0.717) is 0 Å². The van der Waals surface area contributed by atoms with Crippen molar-refractivity contribution in [3.05, 3.63) is 24.5 Å². The van der Waals surface area contributed by atoms with Gasteiger partial charge in [-0.15, -0.1) is 0 Å². The van der Waals surface area contributed by atoms with Crippen molar-refractivity contribution < 1.29 is 13.5 Å². The van der Waals surface area contributed by atoms with Crippen LogP contribution < -0.4 is 0 Å². The predicted octanol–water partition coefficient (Wildman–Crippen LogP) is 2.36. The summed E-state index contributed by atoms with van der Waals surface area (Å²) in [4.78, 5) is 0. The fourth-order valence-corrected chi connectivity index (χ4v) is 0.366. The lowest BCUT2D eigenvalue weighted by Gasteiger charge is -2.16. The maximum absolute atomic E-state index is 12.6. The van der Waals surface area contributed by atoms with Gasteiger partial charge >= 0.3 is 5.92 Å². The molecule has 0 N–H and O–H groups in total. The van der Waals surface area contributed by atoms with Crippen LogP contribution >= 0.6 is 0 Å². The summed E-state index contributed by atoms with van der Waals surface area (Å²) in [6, 6.07) is 0. The van der Waals surface area contributed by atoms with E-state index in [2.05, 4.69) is 17.9 Å².